The molecule has 1 aromatic heterocycles. The van der Waals surface area contributed by atoms with Crippen LogP contribution in [0, 0.1) is 0 Å². The lowest BCUT2D eigenvalue weighted by Gasteiger charge is -2.23. The molecule has 5 heteroatoms. The molecule has 0 spiro atoms. The standard InChI is InChI=1S/C15H27N3OS/c1-5-8-16-9-13-14(12-6-7-12)17-15(20-13)18(3)11(2)10-19-4/h11-12,16H,5-10H2,1-4H3. The van der Waals surface area contributed by atoms with E-state index in [1.165, 1.54) is 29.8 Å². The second-order valence-electron chi connectivity index (χ2n) is 5.67. The van der Waals surface area contributed by atoms with Gasteiger partial charge in [-0.25, -0.2) is 4.98 Å². The van der Waals surface area contributed by atoms with Crippen LogP contribution in [0.2, 0.25) is 0 Å². The molecule has 1 fully saturated rings. The van der Waals surface area contributed by atoms with Gasteiger partial charge in [0, 0.05) is 31.5 Å². The summed E-state index contributed by atoms with van der Waals surface area (Å²) < 4.78 is 5.25. The topological polar surface area (TPSA) is 37.4 Å². The van der Waals surface area contributed by atoms with Crippen molar-refractivity contribution < 1.29 is 4.74 Å². The summed E-state index contributed by atoms with van der Waals surface area (Å²) in [5.41, 5.74) is 1.34. The first-order valence-electron chi connectivity index (χ1n) is 7.59. The number of aromatic nitrogens is 1. The Labute approximate surface area is 126 Å². The maximum atomic E-state index is 5.25. The lowest BCUT2D eigenvalue weighted by molar-refractivity contribution is 0.183. The van der Waals surface area contributed by atoms with Gasteiger partial charge in [0.05, 0.1) is 18.3 Å². The molecular formula is C15H27N3OS. The second-order valence-corrected chi connectivity index (χ2v) is 6.73. The van der Waals surface area contributed by atoms with Crippen molar-refractivity contribution in [3.05, 3.63) is 10.6 Å². The molecule has 0 bridgehead atoms. The van der Waals surface area contributed by atoms with Gasteiger partial charge in [-0.05, 0) is 32.7 Å². The van der Waals surface area contributed by atoms with E-state index in [0.717, 1.165) is 24.8 Å². The van der Waals surface area contributed by atoms with Gasteiger partial charge in [-0.2, -0.15) is 0 Å². The van der Waals surface area contributed by atoms with Crippen molar-refractivity contribution in [2.45, 2.75) is 51.6 Å². The molecule has 1 heterocycles. The average Bonchev–Trinajstić information content (AvgIpc) is 3.19. The third-order valence-electron chi connectivity index (χ3n) is 3.76. The highest BCUT2D eigenvalue weighted by Gasteiger charge is 2.30. The number of rotatable bonds is 9. The van der Waals surface area contributed by atoms with Crippen LogP contribution in [0.5, 0.6) is 0 Å². The molecule has 1 aromatic rings. The Hall–Kier alpha value is -0.650. The van der Waals surface area contributed by atoms with Gasteiger partial charge in [0.2, 0.25) is 0 Å². The van der Waals surface area contributed by atoms with Gasteiger partial charge in [0.25, 0.3) is 0 Å². The highest BCUT2D eigenvalue weighted by molar-refractivity contribution is 7.15. The summed E-state index contributed by atoms with van der Waals surface area (Å²) >= 11 is 1.84. The van der Waals surface area contributed by atoms with Crippen molar-refractivity contribution in [2.75, 3.05) is 32.2 Å². The van der Waals surface area contributed by atoms with E-state index in [9.17, 15) is 0 Å². The van der Waals surface area contributed by atoms with Crippen molar-refractivity contribution in [2.24, 2.45) is 0 Å². The molecule has 1 aliphatic rings. The molecule has 1 unspecified atom stereocenters. The molecule has 1 saturated carbocycles. The minimum absolute atomic E-state index is 0.356. The molecule has 1 aliphatic carbocycles. The van der Waals surface area contributed by atoms with E-state index >= 15 is 0 Å². The van der Waals surface area contributed by atoms with E-state index in [1.54, 1.807) is 7.11 Å². The van der Waals surface area contributed by atoms with Crippen LogP contribution >= 0.6 is 11.3 Å². The third kappa shape index (κ3) is 3.93. The smallest absolute Gasteiger partial charge is 0.185 e. The molecule has 0 radical (unpaired) electrons. The number of anilines is 1. The van der Waals surface area contributed by atoms with Crippen LogP contribution in [0.15, 0.2) is 0 Å². The summed E-state index contributed by atoms with van der Waals surface area (Å²) in [6.45, 7) is 7.15. The minimum atomic E-state index is 0.356. The van der Waals surface area contributed by atoms with Crippen molar-refractivity contribution in [3.63, 3.8) is 0 Å². The van der Waals surface area contributed by atoms with Gasteiger partial charge in [-0.1, -0.05) is 6.92 Å². The lowest BCUT2D eigenvalue weighted by atomic mass is 10.2. The van der Waals surface area contributed by atoms with Crippen LogP contribution in [0.4, 0.5) is 5.13 Å². The van der Waals surface area contributed by atoms with Gasteiger partial charge in [-0.15, -0.1) is 11.3 Å². The van der Waals surface area contributed by atoms with Crippen LogP contribution in [-0.4, -0.2) is 38.3 Å². The summed E-state index contributed by atoms with van der Waals surface area (Å²) in [4.78, 5) is 8.57. The van der Waals surface area contributed by atoms with E-state index in [0.29, 0.717) is 12.0 Å². The van der Waals surface area contributed by atoms with Gasteiger partial charge < -0.3 is 15.0 Å². The van der Waals surface area contributed by atoms with Crippen molar-refractivity contribution in [3.8, 4) is 0 Å². The summed E-state index contributed by atoms with van der Waals surface area (Å²) in [6.07, 6.45) is 3.79. The Bertz CT molecular complexity index is 417. The SMILES string of the molecule is CCCNCc1sc(N(C)C(C)COC)nc1C1CC1. The van der Waals surface area contributed by atoms with Crippen LogP contribution in [0.3, 0.4) is 0 Å². The third-order valence-corrected chi connectivity index (χ3v) is 4.93. The normalized spacial score (nSPS) is 16.4. The summed E-state index contributed by atoms with van der Waals surface area (Å²) in [5, 5.41) is 4.64. The van der Waals surface area contributed by atoms with Crippen LogP contribution in [-0.2, 0) is 11.3 Å². The van der Waals surface area contributed by atoms with Gasteiger partial charge in [0.1, 0.15) is 0 Å². The number of thiazole rings is 1. The number of nitrogens with one attached hydrogen (secondary N) is 1. The highest BCUT2D eigenvalue weighted by atomic mass is 32.1. The second kappa shape index (κ2) is 7.38. The van der Waals surface area contributed by atoms with Crippen LogP contribution in [0.1, 0.15) is 49.6 Å². The molecular weight excluding hydrogens is 270 g/mol. The van der Waals surface area contributed by atoms with Gasteiger partial charge in [-0.3, -0.25) is 0 Å². The first-order chi connectivity index (χ1) is 9.67. The summed E-state index contributed by atoms with van der Waals surface area (Å²) in [6, 6.07) is 0.356. The quantitative estimate of drug-likeness (QED) is 0.711. The molecule has 114 valence electrons. The zero-order valence-electron chi connectivity index (χ0n) is 13.1. The van der Waals surface area contributed by atoms with Crippen molar-refractivity contribution in [1.29, 1.82) is 0 Å². The Morgan fingerprint density at radius 2 is 2.25 bits per heavy atom. The predicted molar refractivity (Wildman–Crippen MR) is 85.8 cm³/mol. The zero-order valence-corrected chi connectivity index (χ0v) is 13.9. The highest BCUT2D eigenvalue weighted by Crippen LogP contribution is 2.44. The van der Waals surface area contributed by atoms with Gasteiger partial charge >= 0.3 is 0 Å². The summed E-state index contributed by atoms with van der Waals surface area (Å²) in [5.74, 6) is 0.713. The maximum absolute atomic E-state index is 5.25. The Kier molecular flexibility index (Phi) is 5.81. The monoisotopic (exact) mass is 297 g/mol. The zero-order chi connectivity index (χ0) is 14.5. The van der Waals surface area contributed by atoms with E-state index in [4.69, 9.17) is 9.72 Å². The Balaban J connectivity index is 2.07. The Morgan fingerprint density at radius 3 is 2.85 bits per heavy atom. The molecule has 0 amide bonds. The first-order valence-corrected chi connectivity index (χ1v) is 8.41. The fraction of sp³-hybridized carbons (Fsp3) is 0.800. The molecule has 1 N–H and O–H groups in total. The maximum Gasteiger partial charge on any atom is 0.185 e. The van der Waals surface area contributed by atoms with E-state index in [2.05, 4.69) is 31.1 Å². The fourth-order valence-electron chi connectivity index (χ4n) is 2.22. The molecule has 4 nitrogen and oxygen atoms in total. The predicted octanol–water partition coefficient (Wildman–Crippen LogP) is 2.99. The minimum Gasteiger partial charge on any atom is -0.383 e. The molecule has 0 saturated heterocycles. The largest absolute Gasteiger partial charge is 0.383 e. The van der Waals surface area contributed by atoms with Crippen LogP contribution in [0.25, 0.3) is 0 Å². The van der Waals surface area contributed by atoms with Crippen molar-refractivity contribution in [1.82, 2.24) is 10.3 Å². The average molecular weight is 297 g/mol. The van der Waals surface area contributed by atoms with Gasteiger partial charge in [0.15, 0.2) is 5.13 Å². The molecule has 20 heavy (non-hydrogen) atoms. The molecule has 2 rings (SSSR count). The molecule has 1 atom stereocenters. The molecule has 0 aliphatic heterocycles. The Morgan fingerprint density at radius 1 is 1.50 bits per heavy atom. The lowest BCUT2D eigenvalue weighted by Crippen LogP contribution is -2.32. The first kappa shape index (κ1) is 15.7. The summed E-state index contributed by atoms with van der Waals surface area (Å²) in [7, 11) is 3.87. The number of methoxy groups -OCH3 is 1. The number of hydrogen-bond acceptors (Lipinski definition) is 5. The molecule has 0 aromatic carbocycles. The van der Waals surface area contributed by atoms with Crippen molar-refractivity contribution >= 4 is 16.5 Å². The van der Waals surface area contributed by atoms with E-state index in [-0.39, 0.29) is 0 Å². The van der Waals surface area contributed by atoms with Crippen LogP contribution < -0.4 is 10.2 Å². The number of nitrogens with zero attached hydrogens (tertiary/aromatic N) is 2. The fourth-order valence-corrected chi connectivity index (χ4v) is 3.40. The number of likely N-dealkylation sites (N-methyl/N-ethyl adjacent to an activating group) is 1. The number of hydrogen-bond donors (Lipinski definition) is 1. The number of ether oxygens (including phenoxy) is 1. The van der Waals surface area contributed by atoms with E-state index in [1.807, 2.05) is 11.3 Å². The van der Waals surface area contributed by atoms with E-state index < -0.39 is 0 Å².